The topological polar surface area (TPSA) is 26.3 Å². The molecule has 0 fully saturated rings. The van der Waals surface area contributed by atoms with Crippen molar-refractivity contribution in [2.75, 3.05) is 7.11 Å². The van der Waals surface area contributed by atoms with Gasteiger partial charge in [-0.25, -0.2) is 0 Å². The van der Waals surface area contributed by atoms with Crippen LogP contribution in [0.2, 0.25) is 10.0 Å². The third kappa shape index (κ3) is 3.11. The molecular weight excluding hydrogens is 351 g/mol. The van der Waals surface area contributed by atoms with Gasteiger partial charge in [-0.2, -0.15) is 0 Å². The zero-order valence-electron chi connectivity index (χ0n) is 9.91. The van der Waals surface area contributed by atoms with Gasteiger partial charge in [-0.1, -0.05) is 23.2 Å². The fourth-order valence-electron chi connectivity index (χ4n) is 1.64. The van der Waals surface area contributed by atoms with Gasteiger partial charge in [0.25, 0.3) is 0 Å². The van der Waals surface area contributed by atoms with E-state index in [0.717, 1.165) is 0 Å². The summed E-state index contributed by atoms with van der Waals surface area (Å²) in [5.74, 6) is 0.503. The Balaban J connectivity index is 2.41. The van der Waals surface area contributed by atoms with Gasteiger partial charge in [-0.3, -0.25) is 4.79 Å². The van der Waals surface area contributed by atoms with E-state index in [9.17, 15) is 4.79 Å². The molecule has 0 amide bonds. The van der Waals surface area contributed by atoms with E-state index < -0.39 is 0 Å². The lowest BCUT2D eigenvalue weighted by Crippen LogP contribution is -2.02. The standard InChI is InChI=1S/C14H9BrCl2O2/c1-19-13-5-2-8(6-11(13)15)14(18)10-4-3-9(16)7-12(10)17/h2-7H,1H3. The average Bonchev–Trinajstić information content (AvgIpc) is 2.38. The fourth-order valence-corrected chi connectivity index (χ4v) is 2.67. The van der Waals surface area contributed by atoms with Crippen molar-refractivity contribution >= 4 is 44.9 Å². The molecule has 0 radical (unpaired) electrons. The Morgan fingerprint density at radius 1 is 1.16 bits per heavy atom. The van der Waals surface area contributed by atoms with Crippen LogP contribution in [0, 0.1) is 0 Å². The highest BCUT2D eigenvalue weighted by atomic mass is 79.9. The zero-order valence-corrected chi connectivity index (χ0v) is 13.0. The highest BCUT2D eigenvalue weighted by Gasteiger charge is 2.14. The highest BCUT2D eigenvalue weighted by molar-refractivity contribution is 9.10. The Morgan fingerprint density at radius 3 is 2.47 bits per heavy atom. The molecule has 2 nitrogen and oxygen atoms in total. The van der Waals surface area contributed by atoms with Crippen LogP contribution in [0.1, 0.15) is 15.9 Å². The first-order valence-electron chi connectivity index (χ1n) is 5.36. The summed E-state index contributed by atoms with van der Waals surface area (Å²) in [6, 6.07) is 9.92. The van der Waals surface area contributed by atoms with Crippen molar-refractivity contribution in [1.29, 1.82) is 0 Å². The second-order valence-electron chi connectivity index (χ2n) is 3.80. The van der Waals surface area contributed by atoms with Gasteiger partial charge in [0.15, 0.2) is 5.78 Å². The van der Waals surface area contributed by atoms with Crippen molar-refractivity contribution in [2.45, 2.75) is 0 Å². The van der Waals surface area contributed by atoms with E-state index in [1.165, 1.54) is 0 Å². The number of carbonyl (C=O) groups excluding carboxylic acids is 1. The molecule has 2 rings (SSSR count). The van der Waals surface area contributed by atoms with Gasteiger partial charge in [0.1, 0.15) is 5.75 Å². The smallest absolute Gasteiger partial charge is 0.194 e. The number of halogens is 3. The lowest BCUT2D eigenvalue weighted by atomic mass is 10.0. The molecule has 98 valence electrons. The minimum atomic E-state index is -0.162. The number of rotatable bonds is 3. The summed E-state index contributed by atoms with van der Waals surface area (Å²) in [6.45, 7) is 0. The van der Waals surface area contributed by atoms with E-state index in [-0.39, 0.29) is 5.78 Å². The number of carbonyl (C=O) groups is 1. The van der Waals surface area contributed by atoms with Crippen molar-refractivity contribution in [3.05, 3.63) is 62.0 Å². The fraction of sp³-hybridized carbons (Fsp3) is 0.0714. The van der Waals surface area contributed by atoms with Gasteiger partial charge >= 0.3 is 0 Å². The van der Waals surface area contributed by atoms with Crippen molar-refractivity contribution in [3.8, 4) is 5.75 Å². The minimum Gasteiger partial charge on any atom is -0.496 e. The zero-order chi connectivity index (χ0) is 14.0. The molecule has 0 heterocycles. The number of hydrogen-bond donors (Lipinski definition) is 0. The van der Waals surface area contributed by atoms with Crippen molar-refractivity contribution in [2.24, 2.45) is 0 Å². The summed E-state index contributed by atoms with van der Waals surface area (Å²) < 4.78 is 5.84. The van der Waals surface area contributed by atoms with Gasteiger partial charge in [0, 0.05) is 16.1 Å². The first kappa shape index (κ1) is 14.4. The average molecular weight is 360 g/mol. The first-order valence-corrected chi connectivity index (χ1v) is 6.91. The largest absolute Gasteiger partial charge is 0.496 e. The number of methoxy groups -OCH3 is 1. The van der Waals surface area contributed by atoms with E-state index in [2.05, 4.69) is 15.9 Å². The van der Waals surface area contributed by atoms with Crippen molar-refractivity contribution in [3.63, 3.8) is 0 Å². The van der Waals surface area contributed by atoms with Gasteiger partial charge in [0.05, 0.1) is 16.6 Å². The first-order chi connectivity index (χ1) is 9.02. The summed E-state index contributed by atoms with van der Waals surface area (Å²) in [5.41, 5.74) is 0.944. The van der Waals surface area contributed by atoms with Crippen LogP contribution >= 0.6 is 39.1 Å². The Morgan fingerprint density at radius 2 is 1.89 bits per heavy atom. The summed E-state index contributed by atoms with van der Waals surface area (Å²) in [7, 11) is 1.57. The molecule has 0 aliphatic rings. The molecule has 0 saturated heterocycles. The van der Waals surface area contributed by atoms with Crippen molar-refractivity contribution < 1.29 is 9.53 Å². The van der Waals surface area contributed by atoms with E-state index in [4.69, 9.17) is 27.9 Å². The minimum absolute atomic E-state index is 0.162. The molecule has 0 atom stereocenters. The molecule has 0 N–H and O–H groups in total. The van der Waals surface area contributed by atoms with Crippen LogP contribution in [-0.2, 0) is 0 Å². The van der Waals surface area contributed by atoms with E-state index in [1.54, 1.807) is 43.5 Å². The lowest BCUT2D eigenvalue weighted by Gasteiger charge is -2.07. The lowest BCUT2D eigenvalue weighted by molar-refractivity contribution is 0.103. The van der Waals surface area contributed by atoms with Crippen LogP contribution in [0.15, 0.2) is 40.9 Å². The number of benzene rings is 2. The molecule has 0 aromatic heterocycles. The Kier molecular flexibility index (Phi) is 4.50. The number of ether oxygens (including phenoxy) is 1. The van der Waals surface area contributed by atoms with Gasteiger partial charge < -0.3 is 4.74 Å². The van der Waals surface area contributed by atoms with E-state index in [1.807, 2.05) is 0 Å². The quantitative estimate of drug-likeness (QED) is 0.721. The van der Waals surface area contributed by atoms with Crippen molar-refractivity contribution in [1.82, 2.24) is 0 Å². The Bertz CT molecular complexity index is 641. The highest BCUT2D eigenvalue weighted by Crippen LogP contribution is 2.28. The molecule has 5 heteroatoms. The number of ketones is 1. The molecule has 2 aromatic carbocycles. The molecular formula is C14H9BrCl2O2. The number of hydrogen-bond acceptors (Lipinski definition) is 2. The second kappa shape index (κ2) is 5.95. The maximum Gasteiger partial charge on any atom is 0.194 e. The van der Waals surface area contributed by atoms with Gasteiger partial charge in [-0.05, 0) is 52.3 Å². The van der Waals surface area contributed by atoms with Crippen LogP contribution in [0.25, 0.3) is 0 Å². The molecule has 19 heavy (non-hydrogen) atoms. The Labute approximate surface area is 129 Å². The molecule has 0 aliphatic heterocycles. The van der Waals surface area contributed by atoms with Crippen LogP contribution in [0.5, 0.6) is 5.75 Å². The van der Waals surface area contributed by atoms with Crippen LogP contribution in [0.3, 0.4) is 0 Å². The summed E-state index contributed by atoms with van der Waals surface area (Å²) >= 11 is 15.2. The second-order valence-corrected chi connectivity index (χ2v) is 5.50. The third-order valence-electron chi connectivity index (χ3n) is 2.59. The predicted octanol–water partition coefficient (Wildman–Crippen LogP) is 5.00. The maximum atomic E-state index is 12.3. The normalized spacial score (nSPS) is 10.3. The molecule has 2 aromatic rings. The molecule has 0 bridgehead atoms. The molecule has 0 saturated carbocycles. The van der Waals surface area contributed by atoms with Gasteiger partial charge in [-0.15, -0.1) is 0 Å². The van der Waals surface area contributed by atoms with E-state index >= 15 is 0 Å². The SMILES string of the molecule is COc1ccc(C(=O)c2ccc(Cl)cc2Cl)cc1Br. The maximum absolute atomic E-state index is 12.3. The third-order valence-corrected chi connectivity index (χ3v) is 3.76. The van der Waals surface area contributed by atoms with Gasteiger partial charge in [0.2, 0.25) is 0 Å². The molecule has 0 spiro atoms. The van der Waals surface area contributed by atoms with Crippen LogP contribution in [-0.4, -0.2) is 12.9 Å². The summed E-state index contributed by atoms with van der Waals surface area (Å²) in [4.78, 5) is 12.3. The van der Waals surface area contributed by atoms with Crippen LogP contribution < -0.4 is 4.74 Å². The predicted molar refractivity (Wildman–Crippen MR) is 80.6 cm³/mol. The summed E-state index contributed by atoms with van der Waals surface area (Å²) in [6.07, 6.45) is 0. The Hall–Kier alpha value is -1.03. The molecule has 0 unspecified atom stereocenters. The monoisotopic (exact) mass is 358 g/mol. The molecule has 0 aliphatic carbocycles. The van der Waals surface area contributed by atoms with Crippen LogP contribution in [0.4, 0.5) is 0 Å². The van der Waals surface area contributed by atoms with E-state index in [0.29, 0.717) is 31.4 Å². The summed E-state index contributed by atoms with van der Waals surface area (Å²) in [5, 5.41) is 0.835.